The summed E-state index contributed by atoms with van der Waals surface area (Å²) < 4.78 is 11.3. The van der Waals surface area contributed by atoms with Crippen LogP contribution < -0.4 is 5.63 Å². The van der Waals surface area contributed by atoms with Crippen LogP contribution in [0.3, 0.4) is 0 Å². The van der Waals surface area contributed by atoms with Crippen LogP contribution in [0.4, 0.5) is 0 Å². The van der Waals surface area contributed by atoms with Gasteiger partial charge in [-0.15, -0.1) is 0 Å². The van der Waals surface area contributed by atoms with E-state index in [-0.39, 0.29) is 5.78 Å². The standard InChI is InChI=1S/C22H18O4/c1-11-5-7-15(8-6-11)19(24)22-13(3)17-10-16-12(2)9-18(23)25-20(16)14(4)21(17)26-22/h5-10H,1-4H3. The fourth-order valence-corrected chi connectivity index (χ4v) is 3.36. The maximum atomic E-state index is 12.9. The normalized spacial score (nSPS) is 11.4. The van der Waals surface area contributed by atoms with Gasteiger partial charge < -0.3 is 8.83 Å². The summed E-state index contributed by atoms with van der Waals surface area (Å²) in [5, 5.41) is 1.72. The first-order chi connectivity index (χ1) is 12.4. The Hall–Kier alpha value is -3.14. The Bertz CT molecular complexity index is 1240. The van der Waals surface area contributed by atoms with E-state index in [4.69, 9.17) is 8.83 Å². The van der Waals surface area contributed by atoms with Crippen molar-refractivity contribution in [2.75, 3.05) is 0 Å². The van der Waals surface area contributed by atoms with Crippen molar-refractivity contribution in [1.29, 1.82) is 0 Å². The highest BCUT2D eigenvalue weighted by Gasteiger charge is 2.22. The monoisotopic (exact) mass is 346 g/mol. The summed E-state index contributed by atoms with van der Waals surface area (Å²) in [6.07, 6.45) is 0. The molecule has 4 heteroatoms. The second-order valence-corrected chi connectivity index (χ2v) is 6.75. The molecule has 26 heavy (non-hydrogen) atoms. The van der Waals surface area contributed by atoms with Gasteiger partial charge in [-0.05, 0) is 39.3 Å². The zero-order valence-electron chi connectivity index (χ0n) is 15.1. The quantitative estimate of drug-likeness (QED) is 0.378. The molecular weight excluding hydrogens is 328 g/mol. The van der Waals surface area contributed by atoms with Crippen molar-refractivity contribution in [3.05, 3.63) is 80.4 Å². The minimum Gasteiger partial charge on any atom is -0.452 e. The predicted octanol–water partition coefficient (Wildman–Crippen LogP) is 5.00. The maximum Gasteiger partial charge on any atom is 0.336 e. The molecule has 0 fully saturated rings. The molecule has 0 aliphatic rings. The first kappa shape index (κ1) is 16.3. The van der Waals surface area contributed by atoms with E-state index >= 15 is 0 Å². The Morgan fingerprint density at radius 3 is 2.15 bits per heavy atom. The number of ketones is 1. The van der Waals surface area contributed by atoms with E-state index in [0.717, 1.165) is 33.0 Å². The number of hydrogen-bond acceptors (Lipinski definition) is 4. The average molecular weight is 346 g/mol. The second-order valence-electron chi connectivity index (χ2n) is 6.75. The molecule has 0 aliphatic carbocycles. The molecule has 4 nitrogen and oxygen atoms in total. The van der Waals surface area contributed by atoms with Gasteiger partial charge in [-0.1, -0.05) is 29.8 Å². The van der Waals surface area contributed by atoms with Crippen LogP contribution in [-0.2, 0) is 0 Å². The van der Waals surface area contributed by atoms with E-state index in [1.54, 1.807) is 12.1 Å². The van der Waals surface area contributed by atoms with Crippen molar-refractivity contribution in [2.24, 2.45) is 0 Å². The molecule has 4 rings (SSSR count). The lowest BCUT2D eigenvalue weighted by atomic mass is 10.0. The minimum atomic E-state index is -0.392. The van der Waals surface area contributed by atoms with Crippen LogP contribution in [0.15, 0.2) is 50.0 Å². The highest BCUT2D eigenvalue weighted by molar-refractivity contribution is 6.12. The molecule has 2 aromatic carbocycles. The molecular formula is C22H18O4. The third kappa shape index (κ3) is 2.37. The first-order valence-electron chi connectivity index (χ1n) is 8.45. The summed E-state index contributed by atoms with van der Waals surface area (Å²) in [5.74, 6) is 0.169. The molecule has 0 saturated heterocycles. The fraction of sp³-hybridized carbons (Fsp3) is 0.182. The van der Waals surface area contributed by atoms with Crippen molar-refractivity contribution in [2.45, 2.75) is 27.7 Å². The van der Waals surface area contributed by atoms with Gasteiger partial charge in [-0.2, -0.15) is 0 Å². The van der Waals surface area contributed by atoms with Gasteiger partial charge in [0.15, 0.2) is 5.76 Å². The molecule has 130 valence electrons. The number of hydrogen-bond donors (Lipinski definition) is 0. The largest absolute Gasteiger partial charge is 0.452 e. The lowest BCUT2D eigenvalue weighted by Gasteiger charge is -2.04. The molecule has 0 atom stereocenters. The number of rotatable bonds is 2. The number of aryl methyl sites for hydroxylation is 4. The van der Waals surface area contributed by atoms with Crippen molar-refractivity contribution in [3.63, 3.8) is 0 Å². The second kappa shape index (κ2) is 5.70. The summed E-state index contributed by atoms with van der Waals surface area (Å²) in [4.78, 5) is 24.6. The molecule has 0 N–H and O–H groups in total. The Kier molecular flexibility index (Phi) is 3.58. The van der Waals surface area contributed by atoms with Gasteiger partial charge in [0.05, 0.1) is 0 Å². The summed E-state index contributed by atoms with van der Waals surface area (Å²) in [5.41, 5.74) is 4.73. The lowest BCUT2D eigenvalue weighted by molar-refractivity contribution is 0.101. The Morgan fingerprint density at radius 2 is 1.46 bits per heavy atom. The van der Waals surface area contributed by atoms with Crippen LogP contribution in [0.5, 0.6) is 0 Å². The van der Waals surface area contributed by atoms with Crippen LogP contribution in [-0.4, -0.2) is 5.78 Å². The third-order valence-corrected chi connectivity index (χ3v) is 4.89. The van der Waals surface area contributed by atoms with E-state index in [2.05, 4.69) is 0 Å². The molecule has 0 spiro atoms. The van der Waals surface area contributed by atoms with Gasteiger partial charge in [-0.25, -0.2) is 4.79 Å². The van der Waals surface area contributed by atoms with Crippen LogP contribution in [0.25, 0.3) is 21.9 Å². The van der Waals surface area contributed by atoms with Gasteiger partial charge in [0, 0.05) is 33.5 Å². The topological polar surface area (TPSA) is 60.4 Å². The highest BCUT2D eigenvalue weighted by atomic mass is 16.4. The van der Waals surface area contributed by atoms with Gasteiger partial charge in [0.25, 0.3) is 0 Å². The van der Waals surface area contributed by atoms with Gasteiger partial charge >= 0.3 is 5.63 Å². The molecule has 0 bridgehead atoms. The lowest BCUT2D eigenvalue weighted by Crippen LogP contribution is -2.01. The van der Waals surface area contributed by atoms with E-state index in [9.17, 15) is 9.59 Å². The minimum absolute atomic E-state index is 0.152. The summed E-state index contributed by atoms with van der Waals surface area (Å²) in [6.45, 7) is 7.58. The molecule has 2 aromatic heterocycles. The van der Waals surface area contributed by atoms with E-state index < -0.39 is 5.63 Å². The van der Waals surface area contributed by atoms with Crippen LogP contribution in [0.1, 0.15) is 38.4 Å². The Labute approximate surface area is 150 Å². The van der Waals surface area contributed by atoms with Crippen molar-refractivity contribution in [1.82, 2.24) is 0 Å². The molecule has 0 aliphatic heterocycles. The van der Waals surface area contributed by atoms with Crippen molar-refractivity contribution in [3.8, 4) is 0 Å². The SMILES string of the molecule is Cc1ccc(C(=O)c2oc3c(C)c4oc(=O)cc(C)c4cc3c2C)cc1. The Balaban J connectivity index is 1.99. The molecule has 0 saturated carbocycles. The highest BCUT2D eigenvalue weighted by Crippen LogP contribution is 2.34. The zero-order chi connectivity index (χ0) is 18.6. The van der Waals surface area contributed by atoms with Gasteiger partial charge in [0.2, 0.25) is 5.78 Å². The number of fused-ring (bicyclic) bond motifs is 2. The number of carbonyl (C=O) groups is 1. The molecule has 2 heterocycles. The molecule has 0 radical (unpaired) electrons. The molecule has 4 aromatic rings. The Morgan fingerprint density at radius 1 is 0.808 bits per heavy atom. The smallest absolute Gasteiger partial charge is 0.336 e. The molecule has 0 unspecified atom stereocenters. The first-order valence-corrected chi connectivity index (χ1v) is 8.45. The molecule has 0 amide bonds. The van der Waals surface area contributed by atoms with Crippen LogP contribution in [0, 0.1) is 27.7 Å². The fourth-order valence-electron chi connectivity index (χ4n) is 3.36. The summed E-state index contributed by atoms with van der Waals surface area (Å²) in [7, 11) is 0. The third-order valence-electron chi connectivity index (χ3n) is 4.89. The van der Waals surface area contributed by atoms with Crippen LogP contribution >= 0.6 is 0 Å². The van der Waals surface area contributed by atoms with Gasteiger partial charge in [0.1, 0.15) is 11.2 Å². The van der Waals surface area contributed by atoms with Gasteiger partial charge in [-0.3, -0.25) is 4.79 Å². The van der Waals surface area contributed by atoms with Crippen LogP contribution in [0.2, 0.25) is 0 Å². The number of furan rings is 1. The average Bonchev–Trinajstić information content (AvgIpc) is 2.93. The summed E-state index contributed by atoms with van der Waals surface area (Å²) >= 11 is 0. The van der Waals surface area contributed by atoms with E-state index in [1.165, 1.54) is 6.07 Å². The van der Waals surface area contributed by atoms with Crippen molar-refractivity contribution >= 4 is 27.7 Å². The number of carbonyl (C=O) groups excluding carboxylic acids is 1. The van der Waals surface area contributed by atoms with Crippen molar-refractivity contribution < 1.29 is 13.6 Å². The zero-order valence-corrected chi connectivity index (χ0v) is 15.1. The number of benzene rings is 2. The maximum absolute atomic E-state index is 12.9. The predicted molar refractivity (Wildman–Crippen MR) is 101 cm³/mol. The van der Waals surface area contributed by atoms with E-state index in [0.29, 0.717) is 22.5 Å². The van der Waals surface area contributed by atoms with E-state index in [1.807, 2.05) is 45.9 Å². The summed E-state index contributed by atoms with van der Waals surface area (Å²) in [6, 6.07) is 10.8.